The zero-order chi connectivity index (χ0) is 16.5. The van der Waals surface area contributed by atoms with Crippen molar-refractivity contribution in [1.82, 2.24) is 25.3 Å². The van der Waals surface area contributed by atoms with Gasteiger partial charge < -0.3 is 15.5 Å². The fourth-order valence-electron chi connectivity index (χ4n) is 2.58. The van der Waals surface area contributed by atoms with Crippen LogP contribution in [0.15, 0.2) is 23.5 Å². The molecular formula is C16H28N6O. The zero-order valence-corrected chi connectivity index (χ0v) is 14.2. The Morgan fingerprint density at radius 3 is 2.83 bits per heavy atom. The number of hydrogen-bond acceptors (Lipinski definition) is 3. The lowest BCUT2D eigenvalue weighted by Crippen LogP contribution is -2.43. The lowest BCUT2D eigenvalue weighted by molar-refractivity contribution is -0.127. The number of carbonyl (C=O) groups excluding carboxylic acids is 1. The molecule has 0 saturated heterocycles. The number of aliphatic imine (C=N–C) groups is 1. The second-order valence-electron chi connectivity index (χ2n) is 6.13. The van der Waals surface area contributed by atoms with Crippen LogP contribution in [0.25, 0.3) is 0 Å². The van der Waals surface area contributed by atoms with Gasteiger partial charge in [0.25, 0.3) is 0 Å². The van der Waals surface area contributed by atoms with Gasteiger partial charge in [0.1, 0.15) is 6.54 Å². The number of carbonyl (C=O) groups is 1. The summed E-state index contributed by atoms with van der Waals surface area (Å²) in [7, 11) is 3.50. The van der Waals surface area contributed by atoms with Crippen molar-refractivity contribution in [2.75, 3.05) is 27.2 Å². The molecule has 0 aromatic carbocycles. The summed E-state index contributed by atoms with van der Waals surface area (Å²) >= 11 is 0. The van der Waals surface area contributed by atoms with E-state index in [1.807, 2.05) is 16.9 Å². The van der Waals surface area contributed by atoms with E-state index in [4.69, 9.17) is 0 Å². The molecule has 0 unspecified atom stereocenters. The standard InChI is InChI=1S/C16H28N6O/c1-21(2)15(23)13-18-16(20-14-7-3-4-8-14)17-9-5-11-22-12-6-10-19-22/h6,10,12,14H,3-5,7-9,11,13H2,1-2H3,(H2,17,18,20). The van der Waals surface area contributed by atoms with Crippen LogP contribution < -0.4 is 10.6 Å². The van der Waals surface area contributed by atoms with Crippen LogP contribution in [0.2, 0.25) is 0 Å². The Bertz CT molecular complexity index is 491. The smallest absolute Gasteiger partial charge is 0.243 e. The molecule has 7 heteroatoms. The van der Waals surface area contributed by atoms with Gasteiger partial charge in [0.05, 0.1) is 0 Å². The highest BCUT2D eigenvalue weighted by Gasteiger charge is 2.16. The lowest BCUT2D eigenvalue weighted by atomic mass is 10.2. The molecule has 1 heterocycles. The van der Waals surface area contributed by atoms with Crippen LogP contribution in [0, 0.1) is 0 Å². The molecule has 7 nitrogen and oxygen atoms in total. The average Bonchev–Trinajstić information content (AvgIpc) is 3.21. The Kier molecular flexibility index (Phi) is 6.90. The van der Waals surface area contributed by atoms with E-state index in [2.05, 4.69) is 20.7 Å². The molecule has 1 fully saturated rings. The fraction of sp³-hybridized carbons (Fsp3) is 0.688. The molecule has 1 saturated carbocycles. The van der Waals surface area contributed by atoms with Gasteiger partial charge in [-0.25, -0.2) is 4.99 Å². The molecule has 1 aromatic rings. The van der Waals surface area contributed by atoms with E-state index >= 15 is 0 Å². The second kappa shape index (κ2) is 9.17. The largest absolute Gasteiger partial charge is 0.356 e. The number of nitrogens with one attached hydrogen (secondary N) is 2. The molecule has 23 heavy (non-hydrogen) atoms. The first-order chi connectivity index (χ1) is 11.1. The van der Waals surface area contributed by atoms with Gasteiger partial charge in [-0.3, -0.25) is 9.48 Å². The maximum Gasteiger partial charge on any atom is 0.243 e. The predicted molar refractivity (Wildman–Crippen MR) is 91.2 cm³/mol. The Morgan fingerprint density at radius 1 is 1.39 bits per heavy atom. The highest BCUT2D eigenvalue weighted by molar-refractivity contribution is 5.84. The van der Waals surface area contributed by atoms with Crippen LogP contribution in [0.4, 0.5) is 0 Å². The second-order valence-corrected chi connectivity index (χ2v) is 6.13. The third kappa shape index (κ3) is 6.30. The minimum absolute atomic E-state index is 0.00839. The molecule has 1 aromatic heterocycles. The van der Waals surface area contributed by atoms with E-state index in [1.165, 1.54) is 25.7 Å². The van der Waals surface area contributed by atoms with E-state index in [9.17, 15) is 4.79 Å². The maximum absolute atomic E-state index is 11.7. The van der Waals surface area contributed by atoms with Crippen LogP contribution in [0.3, 0.4) is 0 Å². The van der Waals surface area contributed by atoms with Gasteiger partial charge in [-0.1, -0.05) is 12.8 Å². The Labute approximate surface area is 138 Å². The van der Waals surface area contributed by atoms with Crippen molar-refractivity contribution >= 4 is 11.9 Å². The monoisotopic (exact) mass is 320 g/mol. The van der Waals surface area contributed by atoms with E-state index in [-0.39, 0.29) is 12.5 Å². The summed E-state index contributed by atoms with van der Waals surface area (Å²) in [5, 5.41) is 11.0. The van der Waals surface area contributed by atoms with Crippen molar-refractivity contribution in [3.8, 4) is 0 Å². The number of aryl methyl sites for hydroxylation is 1. The molecule has 0 aliphatic heterocycles. The normalized spacial score (nSPS) is 15.7. The molecule has 0 spiro atoms. The number of aromatic nitrogens is 2. The molecule has 2 rings (SSSR count). The highest BCUT2D eigenvalue weighted by Crippen LogP contribution is 2.17. The van der Waals surface area contributed by atoms with Gasteiger partial charge in [-0.05, 0) is 25.3 Å². The topological polar surface area (TPSA) is 74.5 Å². The van der Waals surface area contributed by atoms with Crippen LogP contribution in [-0.4, -0.2) is 59.8 Å². The van der Waals surface area contributed by atoms with E-state index in [1.54, 1.807) is 25.2 Å². The number of amides is 1. The molecule has 1 amide bonds. The average molecular weight is 320 g/mol. The molecule has 1 aliphatic carbocycles. The van der Waals surface area contributed by atoms with E-state index in [0.717, 1.165) is 25.5 Å². The quantitative estimate of drug-likeness (QED) is 0.443. The summed E-state index contributed by atoms with van der Waals surface area (Å²) < 4.78 is 1.92. The summed E-state index contributed by atoms with van der Waals surface area (Å²) in [6, 6.07) is 2.40. The summed E-state index contributed by atoms with van der Waals surface area (Å²) in [5.74, 6) is 0.752. The molecule has 0 radical (unpaired) electrons. The van der Waals surface area contributed by atoms with Crippen molar-refractivity contribution in [2.24, 2.45) is 4.99 Å². The number of rotatable bonds is 7. The number of likely N-dealkylation sites (N-methyl/N-ethyl adjacent to an activating group) is 1. The summed E-state index contributed by atoms with van der Waals surface area (Å²) in [6.07, 6.45) is 9.58. The highest BCUT2D eigenvalue weighted by atomic mass is 16.2. The van der Waals surface area contributed by atoms with Crippen LogP contribution in [-0.2, 0) is 11.3 Å². The van der Waals surface area contributed by atoms with Gasteiger partial charge in [0, 0.05) is 45.6 Å². The first kappa shape index (κ1) is 17.3. The summed E-state index contributed by atoms with van der Waals surface area (Å²) in [4.78, 5) is 17.7. The first-order valence-corrected chi connectivity index (χ1v) is 8.37. The fourth-order valence-corrected chi connectivity index (χ4v) is 2.58. The molecule has 128 valence electrons. The third-order valence-corrected chi connectivity index (χ3v) is 3.98. The SMILES string of the molecule is CN(C)C(=O)CN=C(NCCCn1cccn1)NC1CCCC1. The number of nitrogens with zero attached hydrogens (tertiary/aromatic N) is 4. The number of hydrogen-bond donors (Lipinski definition) is 2. The third-order valence-electron chi connectivity index (χ3n) is 3.98. The van der Waals surface area contributed by atoms with Crippen LogP contribution in [0.5, 0.6) is 0 Å². The summed E-state index contributed by atoms with van der Waals surface area (Å²) in [6.45, 7) is 1.84. The van der Waals surface area contributed by atoms with Gasteiger partial charge in [-0.15, -0.1) is 0 Å². The van der Waals surface area contributed by atoms with E-state index < -0.39 is 0 Å². The van der Waals surface area contributed by atoms with Crippen molar-refractivity contribution in [3.63, 3.8) is 0 Å². The lowest BCUT2D eigenvalue weighted by Gasteiger charge is -2.18. The minimum Gasteiger partial charge on any atom is -0.356 e. The Balaban J connectivity index is 1.79. The maximum atomic E-state index is 11.7. The Morgan fingerprint density at radius 2 is 2.17 bits per heavy atom. The molecule has 0 atom stereocenters. The van der Waals surface area contributed by atoms with Crippen LogP contribution >= 0.6 is 0 Å². The number of guanidine groups is 1. The van der Waals surface area contributed by atoms with Crippen molar-refractivity contribution in [3.05, 3.63) is 18.5 Å². The van der Waals surface area contributed by atoms with Gasteiger partial charge in [0.15, 0.2) is 5.96 Å². The molecule has 0 bridgehead atoms. The minimum atomic E-state index is 0.00839. The first-order valence-electron chi connectivity index (χ1n) is 8.37. The predicted octanol–water partition coefficient (Wildman–Crippen LogP) is 0.839. The van der Waals surface area contributed by atoms with Crippen molar-refractivity contribution in [1.29, 1.82) is 0 Å². The Hall–Kier alpha value is -2.05. The van der Waals surface area contributed by atoms with Crippen molar-refractivity contribution in [2.45, 2.75) is 44.7 Å². The van der Waals surface area contributed by atoms with Gasteiger partial charge >= 0.3 is 0 Å². The van der Waals surface area contributed by atoms with Crippen LogP contribution in [0.1, 0.15) is 32.1 Å². The van der Waals surface area contributed by atoms with Gasteiger partial charge in [-0.2, -0.15) is 5.10 Å². The van der Waals surface area contributed by atoms with E-state index in [0.29, 0.717) is 6.04 Å². The molecule has 2 N–H and O–H groups in total. The molecular weight excluding hydrogens is 292 g/mol. The van der Waals surface area contributed by atoms with Crippen molar-refractivity contribution < 1.29 is 4.79 Å². The zero-order valence-electron chi connectivity index (χ0n) is 14.2. The molecule has 1 aliphatic rings. The summed E-state index contributed by atoms with van der Waals surface area (Å²) in [5.41, 5.74) is 0. The van der Waals surface area contributed by atoms with Gasteiger partial charge in [0.2, 0.25) is 5.91 Å².